The first kappa shape index (κ1) is 17.0. The lowest BCUT2D eigenvalue weighted by molar-refractivity contribution is -0.142. The van der Waals surface area contributed by atoms with Gasteiger partial charge in [0.15, 0.2) is 5.69 Å². The molecular formula is C15H16F3N3O2S. The average Bonchev–Trinajstić information content (AvgIpc) is 2.85. The van der Waals surface area contributed by atoms with Gasteiger partial charge in [0.05, 0.1) is 10.6 Å². The monoisotopic (exact) mass is 359 g/mol. The smallest absolute Gasteiger partial charge is 0.237 e. The summed E-state index contributed by atoms with van der Waals surface area (Å²) < 4.78 is 63.9. The predicted octanol–water partition coefficient (Wildman–Crippen LogP) is 2.73. The van der Waals surface area contributed by atoms with Gasteiger partial charge in [-0.05, 0) is 56.4 Å². The van der Waals surface area contributed by atoms with Gasteiger partial charge in [-0.25, -0.2) is 18.2 Å². The van der Waals surface area contributed by atoms with Gasteiger partial charge in [-0.2, -0.15) is 18.3 Å². The molecular weight excluding hydrogens is 343 g/mol. The van der Waals surface area contributed by atoms with Crippen molar-refractivity contribution in [2.24, 2.45) is 5.14 Å². The van der Waals surface area contributed by atoms with Crippen LogP contribution >= 0.6 is 0 Å². The normalized spacial score (nSPS) is 15.4. The van der Waals surface area contributed by atoms with E-state index in [4.69, 9.17) is 5.14 Å². The van der Waals surface area contributed by atoms with E-state index in [1.165, 1.54) is 22.9 Å². The summed E-state index contributed by atoms with van der Waals surface area (Å²) in [6.07, 6.45) is -2.16. The lowest BCUT2D eigenvalue weighted by Crippen LogP contribution is -2.14. The molecule has 2 N–H and O–H groups in total. The molecule has 0 fully saturated rings. The van der Waals surface area contributed by atoms with Crippen molar-refractivity contribution in [1.82, 2.24) is 9.78 Å². The summed E-state index contributed by atoms with van der Waals surface area (Å²) in [7, 11) is -3.88. The van der Waals surface area contributed by atoms with E-state index in [0.717, 1.165) is 6.42 Å². The third kappa shape index (κ3) is 2.93. The molecule has 2 aromatic rings. The summed E-state index contributed by atoms with van der Waals surface area (Å²) in [4.78, 5) is -0.0525. The number of hydrogen-bond donors (Lipinski definition) is 1. The van der Waals surface area contributed by atoms with Gasteiger partial charge in [0, 0.05) is 11.3 Å². The maximum absolute atomic E-state index is 13.2. The molecule has 0 unspecified atom stereocenters. The highest BCUT2D eigenvalue weighted by Gasteiger charge is 2.39. The highest BCUT2D eigenvalue weighted by atomic mass is 32.2. The molecule has 130 valence electrons. The number of aryl methyl sites for hydroxylation is 1. The Balaban J connectivity index is 2.17. The van der Waals surface area contributed by atoms with Crippen LogP contribution in [0.25, 0.3) is 5.69 Å². The Bertz CT molecular complexity index is 901. The number of hydrogen-bond acceptors (Lipinski definition) is 3. The second kappa shape index (κ2) is 5.59. The SMILES string of the molecule is Cc1cc(-n2nc(C(F)(F)F)c3c2CCCC3)ccc1S(N)(=O)=O. The van der Waals surface area contributed by atoms with Crippen molar-refractivity contribution < 1.29 is 21.6 Å². The average molecular weight is 359 g/mol. The maximum atomic E-state index is 13.2. The van der Waals surface area contributed by atoms with Gasteiger partial charge in [0.25, 0.3) is 0 Å². The standard InChI is InChI=1S/C15H16F3N3O2S/c1-9-8-10(6-7-13(9)24(19,22)23)21-12-5-3-2-4-11(12)14(20-21)15(16,17)18/h6-8H,2-5H2,1H3,(H2,19,22,23). The van der Waals surface area contributed by atoms with Crippen molar-refractivity contribution in [2.45, 2.75) is 43.7 Å². The molecule has 1 heterocycles. The maximum Gasteiger partial charge on any atom is 0.435 e. The number of sulfonamides is 1. The van der Waals surface area contributed by atoms with Crippen molar-refractivity contribution in [3.8, 4) is 5.69 Å². The van der Waals surface area contributed by atoms with Crippen LogP contribution in [0.2, 0.25) is 0 Å². The van der Waals surface area contributed by atoms with Gasteiger partial charge in [-0.3, -0.25) is 0 Å². The summed E-state index contributed by atoms with van der Waals surface area (Å²) in [5.74, 6) is 0. The molecule has 0 aliphatic heterocycles. The minimum atomic E-state index is -4.51. The molecule has 0 atom stereocenters. The first-order valence-electron chi connectivity index (χ1n) is 7.41. The molecule has 0 bridgehead atoms. The molecule has 1 aliphatic carbocycles. The van der Waals surface area contributed by atoms with Crippen LogP contribution in [0.4, 0.5) is 13.2 Å². The number of halogens is 3. The van der Waals surface area contributed by atoms with Gasteiger partial charge < -0.3 is 0 Å². The van der Waals surface area contributed by atoms with Gasteiger partial charge in [0.2, 0.25) is 10.0 Å². The van der Waals surface area contributed by atoms with Crippen LogP contribution in [-0.2, 0) is 29.0 Å². The van der Waals surface area contributed by atoms with Gasteiger partial charge in [-0.15, -0.1) is 0 Å². The van der Waals surface area contributed by atoms with E-state index >= 15 is 0 Å². The Labute approximate surface area is 137 Å². The lowest BCUT2D eigenvalue weighted by Gasteiger charge is -2.15. The van der Waals surface area contributed by atoms with E-state index in [1.807, 2.05) is 0 Å². The van der Waals surface area contributed by atoms with E-state index in [-0.39, 0.29) is 10.5 Å². The number of aromatic nitrogens is 2. The van der Waals surface area contributed by atoms with E-state index in [1.54, 1.807) is 6.92 Å². The predicted molar refractivity (Wildman–Crippen MR) is 81.3 cm³/mol. The van der Waals surface area contributed by atoms with Crippen LogP contribution in [0.15, 0.2) is 23.1 Å². The number of alkyl halides is 3. The topological polar surface area (TPSA) is 78.0 Å². The zero-order valence-corrected chi connectivity index (χ0v) is 13.7. The number of primary sulfonamides is 1. The van der Waals surface area contributed by atoms with Gasteiger partial charge >= 0.3 is 6.18 Å². The quantitative estimate of drug-likeness (QED) is 0.896. The van der Waals surface area contributed by atoms with Crippen LogP contribution in [0, 0.1) is 6.92 Å². The van der Waals surface area contributed by atoms with Gasteiger partial charge in [0.1, 0.15) is 0 Å². The molecule has 5 nitrogen and oxygen atoms in total. The Morgan fingerprint density at radius 2 is 1.88 bits per heavy atom. The fourth-order valence-corrected chi connectivity index (χ4v) is 3.89. The molecule has 0 amide bonds. The van der Waals surface area contributed by atoms with Gasteiger partial charge in [-0.1, -0.05) is 0 Å². The lowest BCUT2D eigenvalue weighted by atomic mass is 9.95. The van der Waals surface area contributed by atoms with Crippen LogP contribution < -0.4 is 5.14 Å². The summed E-state index contributed by atoms with van der Waals surface area (Å²) in [6.45, 7) is 1.55. The molecule has 3 rings (SSSR count). The molecule has 1 aliphatic rings. The Morgan fingerprint density at radius 3 is 2.46 bits per heavy atom. The fraction of sp³-hybridized carbons (Fsp3) is 0.400. The summed E-state index contributed by atoms with van der Waals surface area (Å²) >= 11 is 0. The molecule has 24 heavy (non-hydrogen) atoms. The van der Waals surface area contributed by atoms with Crippen molar-refractivity contribution in [2.75, 3.05) is 0 Å². The van der Waals surface area contributed by atoms with Crippen LogP contribution in [0.3, 0.4) is 0 Å². The number of fused-ring (bicyclic) bond motifs is 1. The van der Waals surface area contributed by atoms with Crippen LogP contribution in [0.5, 0.6) is 0 Å². The molecule has 9 heteroatoms. The minimum Gasteiger partial charge on any atom is -0.237 e. The highest BCUT2D eigenvalue weighted by molar-refractivity contribution is 7.89. The van der Waals surface area contributed by atoms with Crippen molar-refractivity contribution in [3.05, 3.63) is 40.7 Å². The van der Waals surface area contributed by atoms with Crippen LogP contribution in [-0.4, -0.2) is 18.2 Å². The Kier molecular flexibility index (Phi) is 3.95. The van der Waals surface area contributed by atoms with Crippen molar-refractivity contribution in [1.29, 1.82) is 0 Å². The molecule has 0 saturated carbocycles. The first-order chi connectivity index (χ1) is 11.1. The second-order valence-corrected chi connectivity index (χ2v) is 7.42. The minimum absolute atomic E-state index is 0.0525. The van der Waals surface area contributed by atoms with E-state index in [2.05, 4.69) is 5.10 Å². The third-order valence-corrected chi connectivity index (χ3v) is 5.23. The Hall–Kier alpha value is -1.87. The number of nitrogens with two attached hydrogens (primary N) is 1. The molecule has 0 spiro atoms. The summed E-state index contributed by atoms with van der Waals surface area (Å²) in [5.41, 5.74) is 0.681. The van der Waals surface area contributed by atoms with Crippen molar-refractivity contribution >= 4 is 10.0 Å². The van der Waals surface area contributed by atoms with E-state index in [9.17, 15) is 21.6 Å². The largest absolute Gasteiger partial charge is 0.435 e. The molecule has 1 aromatic heterocycles. The first-order valence-corrected chi connectivity index (χ1v) is 8.95. The van der Waals surface area contributed by atoms with Crippen LogP contribution in [0.1, 0.15) is 35.4 Å². The van der Waals surface area contributed by atoms with E-state index in [0.29, 0.717) is 36.2 Å². The molecule has 0 radical (unpaired) electrons. The third-order valence-electron chi connectivity index (χ3n) is 4.16. The zero-order valence-electron chi connectivity index (χ0n) is 12.9. The zero-order chi connectivity index (χ0) is 17.7. The second-order valence-electron chi connectivity index (χ2n) is 5.89. The van der Waals surface area contributed by atoms with E-state index < -0.39 is 21.9 Å². The Morgan fingerprint density at radius 1 is 1.21 bits per heavy atom. The van der Waals surface area contributed by atoms with Crippen molar-refractivity contribution in [3.63, 3.8) is 0 Å². The summed E-state index contributed by atoms with van der Waals surface area (Å²) in [5, 5.41) is 8.90. The summed E-state index contributed by atoms with van der Waals surface area (Å²) in [6, 6.07) is 4.21. The molecule has 1 aromatic carbocycles. The number of nitrogens with zero attached hydrogens (tertiary/aromatic N) is 2. The fourth-order valence-electron chi connectivity index (χ4n) is 3.12. The number of benzene rings is 1. The number of rotatable bonds is 2. The molecule has 0 saturated heterocycles. The highest BCUT2D eigenvalue weighted by Crippen LogP contribution is 2.37.